The summed E-state index contributed by atoms with van der Waals surface area (Å²) in [6, 6.07) is 1.80. The zero-order chi connectivity index (χ0) is 26.9. The van der Waals surface area contributed by atoms with Crippen molar-refractivity contribution in [1.82, 2.24) is 0 Å². The van der Waals surface area contributed by atoms with E-state index in [2.05, 4.69) is 11.8 Å². The van der Waals surface area contributed by atoms with E-state index in [-0.39, 0.29) is 47.5 Å². The van der Waals surface area contributed by atoms with Crippen molar-refractivity contribution in [3.63, 3.8) is 0 Å². The lowest BCUT2D eigenvalue weighted by atomic mass is 9.59. The Kier molecular flexibility index (Phi) is 5.84. The molecule has 8 heteroatoms. The first kappa shape index (κ1) is 25.5. The summed E-state index contributed by atoms with van der Waals surface area (Å²) in [5.41, 5.74) is 3.27. The Labute approximate surface area is 209 Å². The first-order valence-electron chi connectivity index (χ1n) is 12.0. The van der Waals surface area contributed by atoms with E-state index in [9.17, 15) is 34.8 Å². The minimum Gasteiger partial charge on any atom is -0.508 e. The van der Waals surface area contributed by atoms with Gasteiger partial charge in [0.15, 0.2) is 11.4 Å². The Bertz CT molecular complexity index is 1350. The molecular formula is C28H31NO7. The number of amides is 1. The number of primary amides is 1. The highest BCUT2D eigenvalue weighted by molar-refractivity contribution is 6.22. The molecule has 0 saturated heterocycles. The predicted molar refractivity (Wildman–Crippen MR) is 132 cm³/mol. The summed E-state index contributed by atoms with van der Waals surface area (Å²) in [7, 11) is 0. The van der Waals surface area contributed by atoms with Crippen molar-refractivity contribution >= 4 is 23.2 Å². The number of carbonyl (C=O) groups excluding carboxylic acids is 3. The first-order valence-corrected chi connectivity index (χ1v) is 12.0. The number of phenolic OH excluding ortho intramolecular Hbond substituents is 1. The van der Waals surface area contributed by atoms with E-state index in [1.54, 1.807) is 6.07 Å². The number of fused-ring (bicyclic) bond motifs is 3. The van der Waals surface area contributed by atoms with Crippen LogP contribution < -0.4 is 5.73 Å². The van der Waals surface area contributed by atoms with Crippen LogP contribution in [0.3, 0.4) is 0 Å². The summed E-state index contributed by atoms with van der Waals surface area (Å²) in [6.45, 7) is 9.73. The van der Waals surface area contributed by atoms with Crippen LogP contribution in [0.1, 0.15) is 75.6 Å². The molecule has 3 aliphatic rings. The van der Waals surface area contributed by atoms with Gasteiger partial charge in [0.2, 0.25) is 5.78 Å². The zero-order valence-electron chi connectivity index (χ0n) is 21.0. The molecule has 1 aromatic carbocycles. The van der Waals surface area contributed by atoms with E-state index in [0.717, 1.165) is 5.56 Å². The van der Waals surface area contributed by atoms with Gasteiger partial charge in [-0.25, -0.2) is 0 Å². The van der Waals surface area contributed by atoms with E-state index in [1.165, 1.54) is 0 Å². The van der Waals surface area contributed by atoms with Crippen molar-refractivity contribution in [1.29, 1.82) is 0 Å². The minimum absolute atomic E-state index is 0.0153. The fourth-order valence-electron chi connectivity index (χ4n) is 5.58. The van der Waals surface area contributed by atoms with E-state index in [1.807, 2.05) is 34.6 Å². The molecule has 1 fully saturated rings. The van der Waals surface area contributed by atoms with E-state index >= 15 is 0 Å². The molecule has 0 unspecified atom stereocenters. The number of hydrogen-bond acceptors (Lipinski definition) is 7. The number of hydrogen-bond donors (Lipinski definition) is 5. The molecule has 6 N–H and O–H groups in total. The third kappa shape index (κ3) is 3.70. The number of rotatable bonds is 2. The van der Waals surface area contributed by atoms with Crippen LogP contribution in [-0.2, 0) is 20.8 Å². The Morgan fingerprint density at radius 3 is 2.36 bits per heavy atom. The highest BCUT2D eigenvalue weighted by Crippen LogP contribution is 2.53. The molecule has 3 atom stereocenters. The van der Waals surface area contributed by atoms with E-state index in [0.29, 0.717) is 11.1 Å². The van der Waals surface area contributed by atoms with Gasteiger partial charge in [-0.2, -0.15) is 0 Å². The Hall–Kier alpha value is -3.57. The number of ketones is 2. The van der Waals surface area contributed by atoms with Crippen molar-refractivity contribution in [3.05, 3.63) is 45.2 Å². The number of aliphatic hydroxyl groups excluding tert-OH is 2. The lowest BCUT2D eigenvalue weighted by molar-refractivity contribution is -0.147. The first-order chi connectivity index (χ1) is 16.6. The molecule has 4 rings (SSSR count). The van der Waals surface area contributed by atoms with Crippen LogP contribution in [-0.4, -0.2) is 43.5 Å². The standard InChI is InChI=1S/C28H31NO7/c1-12(2)16-9-13(6-7-27(3,4)5)22(31)20-17(16)10-14-8-15-11-18(30)21(26(29)35)25(34)28(15,36)24(33)19(14)23(20)32/h9,12,14-15,31-32,34,36H,8,10-11H2,1-5H3,(H2,29,35)/t14-,15+,28+/m1/s1. The van der Waals surface area contributed by atoms with Crippen LogP contribution in [0.25, 0.3) is 5.76 Å². The molecule has 1 saturated carbocycles. The highest BCUT2D eigenvalue weighted by atomic mass is 16.3. The highest BCUT2D eigenvalue weighted by Gasteiger charge is 2.60. The second-order valence-corrected chi connectivity index (χ2v) is 11.3. The van der Waals surface area contributed by atoms with Crippen LogP contribution in [0.4, 0.5) is 0 Å². The Balaban J connectivity index is 1.97. The third-order valence-corrected chi connectivity index (χ3v) is 7.29. The Morgan fingerprint density at radius 2 is 1.81 bits per heavy atom. The van der Waals surface area contributed by atoms with Crippen molar-refractivity contribution in [2.45, 2.75) is 65.4 Å². The summed E-state index contributed by atoms with van der Waals surface area (Å²) < 4.78 is 0. The molecule has 0 bridgehead atoms. The van der Waals surface area contributed by atoms with Gasteiger partial charge in [0.05, 0.1) is 11.1 Å². The number of benzene rings is 1. The summed E-state index contributed by atoms with van der Waals surface area (Å²) in [5, 5.41) is 44.6. The minimum atomic E-state index is -2.57. The number of phenols is 1. The second-order valence-electron chi connectivity index (χ2n) is 11.3. The molecule has 0 radical (unpaired) electrons. The van der Waals surface area contributed by atoms with Crippen LogP contribution >= 0.6 is 0 Å². The van der Waals surface area contributed by atoms with Crippen molar-refractivity contribution < 1.29 is 34.8 Å². The third-order valence-electron chi connectivity index (χ3n) is 7.29. The molecule has 190 valence electrons. The lowest BCUT2D eigenvalue weighted by Gasteiger charge is -2.46. The fourth-order valence-corrected chi connectivity index (χ4v) is 5.58. The van der Waals surface area contributed by atoms with Gasteiger partial charge in [0, 0.05) is 23.3 Å². The molecule has 0 aromatic heterocycles. The number of aromatic hydroxyl groups is 1. The van der Waals surface area contributed by atoms with Gasteiger partial charge in [-0.3, -0.25) is 14.4 Å². The van der Waals surface area contributed by atoms with Crippen LogP contribution in [0.2, 0.25) is 0 Å². The fraction of sp³-hybridized carbons (Fsp3) is 0.464. The molecule has 3 aliphatic carbocycles. The predicted octanol–water partition coefficient (Wildman–Crippen LogP) is 2.94. The lowest BCUT2D eigenvalue weighted by Crippen LogP contribution is -2.58. The largest absolute Gasteiger partial charge is 0.508 e. The maximum atomic E-state index is 13.7. The van der Waals surface area contributed by atoms with Gasteiger partial charge >= 0.3 is 0 Å². The van der Waals surface area contributed by atoms with Gasteiger partial charge in [0.1, 0.15) is 22.8 Å². The molecule has 36 heavy (non-hydrogen) atoms. The molecular weight excluding hydrogens is 462 g/mol. The van der Waals surface area contributed by atoms with Crippen LogP contribution in [0.15, 0.2) is 23.0 Å². The summed E-state index contributed by atoms with van der Waals surface area (Å²) >= 11 is 0. The second kappa shape index (κ2) is 8.24. The number of carbonyl (C=O) groups is 3. The number of nitrogens with two attached hydrogens (primary N) is 1. The van der Waals surface area contributed by atoms with Crippen LogP contribution in [0, 0.1) is 29.1 Å². The summed E-state index contributed by atoms with van der Waals surface area (Å²) in [5.74, 6) is -0.320. The Morgan fingerprint density at radius 1 is 1.17 bits per heavy atom. The van der Waals surface area contributed by atoms with Crippen molar-refractivity contribution in [2.24, 2.45) is 23.0 Å². The van der Waals surface area contributed by atoms with Crippen molar-refractivity contribution in [2.75, 3.05) is 0 Å². The average molecular weight is 494 g/mol. The molecule has 0 aliphatic heterocycles. The monoisotopic (exact) mass is 493 g/mol. The quantitative estimate of drug-likeness (QED) is 0.313. The SMILES string of the molecule is CC(C)c1cc(C#CC(C)(C)C)c(O)c2c1C[C@H]1C[C@H]3CC(=O)C(C(N)=O)=C(O)[C@@]3(O)C(=O)C1=C2O. The van der Waals surface area contributed by atoms with E-state index < -0.39 is 52.0 Å². The van der Waals surface area contributed by atoms with Gasteiger partial charge in [0.25, 0.3) is 5.91 Å². The van der Waals surface area contributed by atoms with E-state index in [4.69, 9.17) is 5.73 Å². The summed E-state index contributed by atoms with van der Waals surface area (Å²) in [6.07, 6.45) is 0.0425. The molecule has 0 spiro atoms. The summed E-state index contributed by atoms with van der Waals surface area (Å²) in [4.78, 5) is 37.9. The van der Waals surface area contributed by atoms with Gasteiger partial charge in [-0.1, -0.05) is 25.7 Å². The topological polar surface area (TPSA) is 158 Å². The van der Waals surface area contributed by atoms with Gasteiger partial charge < -0.3 is 26.2 Å². The maximum Gasteiger partial charge on any atom is 0.255 e. The molecule has 8 nitrogen and oxygen atoms in total. The van der Waals surface area contributed by atoms with Gasteiger partial charge in [-0.05, 0) is 62.6 Å². The normalized spacial score (nSPS) is 25.8. The zero-order valence-corrected chi connectivity index (χ0v) is 21.0. The average Bonchev–Trinajstić information content (AvgIpc) is 2.74. The van der Waals surface area contributed by atoms with Crippen molar-refractivity contribution in [3.8, 4) is 17.6 Å². The molecule has 1 amide bonds. The molecule has 0 heterocycles. The molecule has 1 aromatic rings. The van der Waals surface area contributed by atoms with Crippen LogP contribution in [0.5, 0.6) is 5.75 Å². The van der Waals surface area contributed by atoms with Gasteiger partial charge in [-0.15, -0.1) is 0 Å². The number of aliphatic hydroxyl groups is 3. The number of Topliss-reactive ketones (excluding diaryl/α,β-unsaturated/α-hetero) is 2. The smallest absolute Gasteiger partial charge is 0.255 e. The maximum absolute atomic E-state index is 13.7.